The average Bonchev–Trinajstić information content (AvgIpc) is 2.58. The van der Waals surface area contributed by atoms with E-state index >= 15 is 0 Å². The van der Waals surface area contributed by atoms with Gasteiger partial charge in [0.1, 0.15) is 16.3 Å². The fraction of sp³-hybridized carbons (Fsp3) is 0.263. The number of carbonyl (C=O) groups is 1. The van der Waals surface area contributed by atoms with Crippen molar-refractivity contribution >= 4 is 15.7 Å². The smallest absolute Gasteiger partial charge is 0.272 e. The molecule has 0 atom stereocenters. The summed E-state index contributed by atoms with van der Waals surface area (Å²) in [7, 11) is -3.04. The number of benzene rings is 1. The number of likely N-dealkylation sites (tertiary alicyclic amines) is 1. The Morgan fingerprint density at radius 2 is 1.92 bits per heavy atom. The molecular weight excluding hydrogens is 355 g/mol. The predicted octanol–water partition coefficient (Wildman–Crippen LogP) is 1.63. The van der Waals surface area contributed by atoms with Crippen LogP contribution in [0.4, 0.5) is 4.39 Å². The van der Waals surface area contributed by atoms with Crippen molar-refractivity contribution in [1.82, 2.24) is 9.88 Å². The van der Waals surface area contributed by atoms with Gasteiger partial charge in [-0.1, -0.05) is 17.9 Å². The second-order valence-corrected chi connectivity index (χ2v) is 9.11. The molecule has 1 aromatic heterocycles. The topological polar surface area (TPSA) is 67.3 Å². The van der Waals surface area contributed by atoms with Gasteiger partial charge in [-0.2, -0.15) is 0 Å². The molecule has 2 aliphatic rings. The van der Waals surface area contributed by atoms with Crippen LogP contribution in [-0.4, -0.2) is 47.8 Å². The molecule has 2 aromatic rings. The van der Waals surface area contributed by atoms with Crippen molar-refractivity contribution < 1.29 is 17.6 Å². The molecule has 1 aromatic carbocycles. The molecule has 2 fully saturated rings. The molecule has 0 saturated carbocycles. The maximum Gasteiger partial charge on any atom is 0.272 e. The quantitative estimate of drug-likeness (QED) is 0.716. The first-order chi connectivity index (χ1) is 12.4. The first-order valence-electron chi connectivity index (χ1n) is 8.14. The van der Waals surface area contributed by atoms with Gasteiger partial charge in [-0.25, -0.2) is 17.8 Å². The Morgan fingerprint density at radius 3 is 2.50 bits per heavy atom. The Labute approximate surface area is 150 Å². The fourth-order valence-electron chi connectivity index (χ4n) is 3.17. The Morgan fingerprint density at radius 1 is 1.15 bits per heavy atom. The number of amides is 1. The standard InChI is InChI=1S/C19H15FN2O3S/c20-16-3-1-2-14(10-16)4-5-15-6-7-17(21-11-15)18(23)22-12-19(13-22)8-9-26(19,24)25/h1-3,6-7,10-11H,8-9,12-13H2. The summed E-state index contributed by atoms with van der Waals surface area (Å²) in [6, 6.07) is 9.21. The Kier molecular flexibility index (Phi) is 3.81. The van der Waals surface area contributed by atoms with E-state index in [1.165, 1.54) is 23.2 Å². The van der Waals surface area contributed by atoms with E-state index in [4.69, 9.17) is 0 Å². The SMILES string of the molecule is O=C(c1ccc(C#Cc2cccc(F)c2)cn1)N1CC2(CCS2(=O)=O)C1. The van der Waals surface area contributed by atoms with Crippen LogP contribution in [0.3, 0.4) is 0 Å². The molecule has 3 heterocycles. The lowest BCUT2D eigenvalue weighted by Crippen LogP contribution is -2.72. The summed E-state index contributed by atoms with van der Waals surface area (Å²) in [6.07, 6.45) is 2.11. The third-order valence-corrected chi connectivity index (χ3v) is 7.41. The summed E-state index contributed by atoms with van der Waals surface area (Å²) in [5.41, 5.74) is 1.41. The molecule has 4 rings (SSSR count). The van der Waals surface area contributed by atoms with Crippen LogP contribution in [-0.2, 0) is 9.84 Å². The zero-order valence-corrected chi connectivity index (χ0v) is 14.6. The van der Waals surface area contributed by atoms with Gasteiger partial charge in [0.05, 0.1) is 5.75 Å². The molecule has 0 N–H and O–H groups in total. The van der Waals surface area contributed by atoms with Gasteiger partial charge in [0.15, 0.2) is 9.84 Å². The van der Waals surface area contributed by atoms with Crippen LogP contribution < -0.4 is 0 Å². The predicted molar refractivity (Wildman–Crippen MR) is 93.7 cm³/mol. The highest BCUT2D eigenvalue weighted by atomic mass is 32.2. The average molecular weight is 370 g/mol. The molecular formula is C19H15FN2O3S. The molecule has 132 valence electrons. The molecule has 7 heteroatoms. The summed E-state index contributed by atoms with van der Waals surface area (Å²) in [6.45, 7) is 0.494. The fourth-order valence-corrected chi connectivity index (χ4v) is 4.99. The van der Waals surface area contributed by atoms with Crippen molar-refractivity contribution in [3.63, 3.8) is 0 Å². The zero-order chi connectivity index (χ0) is 18.4. The minimum Gasteiger partial charge on any atom is -0.334 e. The normalized spacial score (nSPS) is 19.0. The second-order valence-electron chi connectivity index (χ2n) is 6.61. The van der Waals surface area contributed by atoms with E-state index in [2.05, 4.69) is 16.8 Å². The van der Waals surface area contributed by atoms with Crippen molar-refractivity contribution in [2.24, 2.45) is 0 Å². The number of aromatic nitrogens is 1. The van der Waals surface area contributed by atoms with Crippen LogP contribution in [0.15, 0.2) is 42.6 Å². The van der Waals surface area contributed by atoms with Gasteiger partial charge in [-0.15, -0.1) is 0 Å². The maximum absolute atomic E-state index is 13.1. The number of carbonyl (C=O) groups excluding carboxylic acids is 1. The highest BCUT2D eigenvalue weighted by Crippen LogP contribution is 2.42. The van der Waals surface area contributed by atoms with E-state index in [9.17, 15) is 17.6 Å². The number of hydrogen-bond donors (Lipinski definition) is 0. The highest BCUT2D eigenvalue weighted by Gasteiger charge is 2.60. The summed E-state index contributed by atoms with van der Waals surface area (Å²) in [5.74, 6) is 5.30. The van der Waals surface area contributed by atoms with E-state index in [1.807, 2.05) is 0 Å². The van der Waals surface area contributed by atoms with Gasteiger partial charge in [0.2, 0.25) is 0 Å². The van der Waals surface area contributed by atoms with Crippen molar-refractivity contribution in [2.45, 2.75) is 11.2 Å². The molecule has 26 heavy (non-hydrogen) atoms. The van der Waals surface area contributed by atoms with Crippen LogP contribution in [0.2, 0.25) is 0 Å². The second kappa shape index (κ2) is 5.92. The number of sulfone groups is 1. The van der Waals surface area contributed by atoms with Gasteiger partial charge >= 0.3 is 0 Å². The number of nitrogens with zero attached hydrogens (tertiary/aromatic N) is 2. The summed E-state index contributed by atoms with van der Waals surface area (Å²) in [4.78, 5) is 18.0. The molecule has 0 radical (unpaired) electrons. The number of halogens is 1. The first-order valence-corrected chi connectivity index (χ1v) is 9.79. The monoisotopic (exact) mass is 370 g/mol. The molecule has 5 nitrogen and oxygen atoms in total. The summed E-state index contributed by atoms with van der Waals surface area (Å²) < 4.78 is 36.0. The zero-order valence-electron chi connectivity index (χ0n) is 13.8. The number of hydrogen-bond acceptors (Lipinski definition) is 4. The number of rotatable bonds is 1. The van der Waals surface area contributed by atoms with Gasteiger partial charge in [0, 0.05) is 30.4 Å². The molecule has 0 bridgehead atoms. The number of pyridine rings is 1. The van der Waals surface area contributed by atoms with Crippen LogP contribution in [0, 0.1) is 17.7 Å². The van der Waals surface area contributed by atoms with E-state index < -0.39 is 14.6 Å². The van der Waals surface area contributed by atoms with Crippen LogP contribution in [0.25, 0.3) is 0 Å². The molecule has 0 aliphatic carbocycles. The van der Waals surface area contributed by atoms with E-state index in [0.717, 1.165) is 0 Å². The Bertz CT molecular complexity index is 1050. The van der Waals surface area contributed by atoms with Gasteiger partial charge in [-0.05, 0) is 36.8 Å². The van der Waals surface area contributed by atoms with Crippen LogP contribution in [0.5, 0.6) is 0 Å². The molecule has 2 saturated heterocycles. The lowest BCUT2D eigenvalue weighted by molar-refractivity contribution is 0.0514. The van der Waals surface area contributed by atoms with Crippen molar-refractivity contribution in [3.05, 3.63) is 65.2 Å². The molecule has 1 amide bonds. The van der Waals surface area contributed by atoms with Gasteiger partial charge in [0.25, 0.3) is 5.91 Å². The minimum atomic E-state index is -3.04. The van der Waals surface area contributed by atoms with E-state index in [-0.39, 0.29) is 36.3 Å². The Hall–Kier alpha value is -2.72. The van der Waals surface area contributed by atoms with E-state index in [0.29, 0.717) is 17.5 Å². The van der Waals surface area contributed by atoms with Gasteiger partial charge < -0.3 is 4.90 Å². The molecule has 2 aliphatic heterocycles. The van der Waals surface area contributed by atoms with Crippen molar-refractivity contribution in [1.29, 1.82) is 0 Å². The molecule has 1 spiro atoms. The van der Waals surface area contributed by atoms with Crippen molar-refractivity contribution in [2.75, 3.05) is 18.8 Å². The maximum atomic E-state index is 13.1. The van der Waals surface area contributed by atoms with Crippen LogP contribution >= 0.6 is 0 Å². The molecule has 0 unspecified atom stereocenters. The third-order valence-electron chi connectivity index (χ3n) is 4.89. The minimum absolute atomic E-state index is 0.214. The van der Waals surface area contributed by atoms with E-state index in [1.54, 1.807) is 24.3 Å². The highest BCUT2D eigenvalue weighted by molar-refractivity contribution is 7.94. The Balaban J connectivity index is 1.43. The van der Waals surface area contributed by atoms with Gasteiger partial charge in [-0.3, -0.25) is 4.79 Å². The lowest BCUT2D eigenvalue weighted by atomic mass is 9.94. The summed E-state index contributed by atoms with van der Waals surface area (Å²) in [5, 5.41) is 0. The lowest BCUT2D eigenvalue weighted by Gasteiger charge is -2.54. The largest absolute Gasteiger partial charge is 0.334 e. The first kappa shape index (κ1) is 16.7. The van der Waals surface area contributed by atoms with Crippen LogP contribution in [0.1, 0.15) is 28.0 Å². The summed E-state index contributed by atoms with van der Waals surface area (Å²) >= 11 is 0. The third kappa shape index (κ3) is 2.76. The van der Waals surface area contributed by atoms with Crippen molar-refractivity contribution in [3.8, 4) is 11.8 Å².